The number of aromatic nitrogens is 3. The first-order chi connectivity index (χ1) is 11.8. The number of anilines is 2. The van der Waals surface area contributed by atoms with Gasteiger partial charge >= 0.3 is 0 Å². The molecule has 0 saturated carbocycles. The fraction of sp³-hybridized carbons (Fsp3) is 0.0667. The minimum Gasteiger partial charge on any atom is -0.364 e. The highest BCUT2D eigenvalue weighted by molar-refractivity contribution is 7.90. The van der Waals surface area contributed by atoms with Crippen molar-refractivity contribution in [2.45, 2.75) is 4.90 Å². The quantitative estimate of drug-likeness (QED) is 0.719. The van der Waals surface area contributed by atoms with Crippen LogP contribution in [-0.4, -0.2) is 35.8 Å². The molecule has 0 unspecified atom stereocenters. The molecule has 0 aliphatic heterocycles. The Kier molecular flexibility index (Phi) is 4.05. The average Bonchev–Trinajstić information content (AvgIpc) is 2.53. The Labute approximate surface area is 141 Å². The van der Waals surface area contributed by atoms with E-state index in [0.717, 1.165) is 18.5 Å². The highest BCUT2D eigenvalue weighted by Gasteiger charge is 2.18. The first-order valence-corrected chi connectivity index (χ1v) is 8.83. The van der Waals surface area contributed by atoms with Crippen LogP contribution in [0.1, 0.15) is 10.5 Å². The Morgan fingerprint density at radius 3 is 2.60 bits per heavy atom. The lowest BCUT2D eigenvalue weighted by Crippen LogP contribution is -2.17. The van der Waals surface area contributed by atoms with Crippen LogP contribution < -0.4 is 11.1 Å². The van der Waals surface area contributed by atoms with E-state index < -0.39 is 21.6 Å². The topological polar surface area (TPSA) is 128 Å². The number of nitrogens with one attached hydrogen (secondary N) is 1. The molecule has 3 aromatic rings. The van der Waals surface area contributed by atoms with Gasteiger partial charge < -0.3 is 11.1 Å². The van der Waals surface area contributed by atoms with E-state index in [0.29, 0.717) is 10.9 Å². The van der Waals surface area contributed by atoms with Gasteiger partial charge in [0.1, 0.15) is 5.82 Å². The number of sulfone groups is 1. The summed E-state index contributed by atoms with van der Waals surface area (Å²) in [7, 11) is -3.49. The second-order valence-corrected chi connectivity index (χ2v) is 7.27. The number of nitrogens with zero attached hydrogens (tertiary/aromatic N) is 3. The maximum atomic E-state index is 13.4. The summed E-state index contributed by atoms with van der Waals surface area (Å²) in [5.41, 5.74) is 5.81. The Morgan fingerprint density at radius 1 is 1.20 bits per heavy atom. The summed E-state index contributed by atoms with van der Waals surface area (Å²) in [5, 5.41) is 10.8. The number of fused-ring (bicyclic) bond motifs is 1. The molecule has 0 atom stereocenters. The summed E-state index contributed by atoms with van der Waals surface area (Å²) in [4.78, 5) is 15.4. The van der Waals surface area contributed by atoms with E-state index in [4.69, 9.17) is 5.73 Å². The van der Waals surface area contributed by atoms with Gasteiger partial charge in [-0.2, -0.15) is 0 Å². The molecule has 1 aromatic carbocycles. The van der Waals surface area contributed by atoms with Gasteiger partial charge in [-0.15, -0.1) is 10.2 Å². The van der Waals surface area contributed by atoms with Gasteiger partial charge in [0.25, 0.3) is 5.91 Å². The molecule has 0 bridgehead atoms. The number of nitrogens with two attached hydrogens (primary N) is 1. The Morgan fingerprint density at radius 2 is 1.96 bits per heavy atom. The molecule has 0 saturated heterocycles. The lowest BCUT2D eigenvalue weighted by molar-refractivity contribution is 0.0995. The molecule has 0 radical (unpaired) electrons. The summed E-state index contributed by atoms with van der Waals surface area (Å²) < 4.78 is 37.0. The van der Waals surface area contributed by atoms with Gasteiger partial charge in [-0.1, -0.05) is 0 Å². The average molecular weight is 361 g/mol. The maximum absolute atomic E-state index is 13.4. The molecular weight excluding hydrogens is 349 g/mol. The molecule has 25 heavy (non-hydrogen) atoms. The van der Waals surface area contributed by atoms with Crippen molar-refractivity contribution in [3.8, 4) is 0 Å². The van der Waals surface area contributed by atoms with Gasteiger partial charge in [0.2, 0.25) is 0 Å². The number of primary amides is 1. The van der Waals surface area contributed by atoms with Crippen LogP contribution in [0.15, 0.2) is 41.6 Å². The first-order valence-electron chi connectivity index (χ1n) is 6.93. The van der Waals surface area contributed by atoms with Crippen molar-refractivity contribution in [2.24, 2.45) is 5.73 Å². The molecule has 3 N–H and O–H groups in total. The summed E-state index contributed by atoms with van der Waals surface area (Å²) in [5.74, 6) is -1.46. The number of rotatable bonds is 4. The van der Waals surface area contributed by atoms with Crippen LogP contribution in [0.4, 0.5) is 15.8 Å². The number of carbonyl (C=O) groups excluding carboxylic acids is 1. The van der Waals surface area contributed by atoms with Crippen molar-refractivity contribution >= 4 is 38.0 Å². The summed E-state index contributed by atoms with van der Waals surface area (Å²) in [6.45, 7) is 0. The van der Waals surface area contributed by atoms with Crippen LogP contribution in [0.2, 0.25) is 0 Å². The van der Waals surface area contributed by atoms with E-state index in [1.54, 1.807) is 0 Å². The number of hydrogen-bond donors (Lipinski definition) is 2. The van der Waals surface area contributed by atoms with Crippen LogP contribution in [-0.2, 0) is 9.84 Å². The molecular formula is C15H12FN5O3S. The van der Waals surface area contributed by atoms with E-state index in [9.17, 15) is 17.6 Å². The number of amides is 1. The van der Waals surface area contributed by atoms with E-state index in [1.165, 1.54) is 24.4 Å². The van der Waals surface area contributed by atoms with Crippen molar-refractivity contribution < 1.29 is 17.6 Å². The molecule has 0 spiro atoms. The van der Waals surface area contributed by atoms with Crippen molar-refractivity contribution in [1.82, 2.24) is 15.2 Å². The molecule has 2 aromatic heterocycles. The van der Waals surface area contributed by atoms with Crippen molar-refractivity contribution in [3.05, 3.63) is 48.2 Å². The van der Waals surface area contributed by atoms with Gasteiger partial charge in [0.15, 0.2) is 15.5 Å². The van der Waals surface area contributed by atoms with E-state index in [2.05, 4.69) is 20.5 Å². The van der Waals surface area contributed by atoms with E-state index >= 15 is 0 Å². The number of carbonyl (C=O) groups is 1. The molecule has 128 valence electrons. The number of halogens is 1. The predicted octanol–water partition coefficient (Wildman–Crippen LogP) is 1.41. The van der Waals surface area contributed by atoms with Gasteiger partial charge in [-0.05, 0) is 18.2 Å². The van der Waals surface area contributed by atoms with Crippen molar-refractivity contribution in [1.29, 1.82) is 0 Å². The normalized spacial score (nSPS) is 11.4. The molecule has 1 amide bonds. The summed E-state index contributed by atoms with van der Waals surface area (Å²) in [6.07, 6.45) is 3.41. The minimum atomic E-state index is -3.49. The Hall–Kier alpha value is -3.14. The minimum absolute atomic E-state index is 0.0313. The van der Waals surface area contributed by atoms with E-state index in [-0.39, 0.29) is 22.0 Å². The summed E-state index contributed by atoms with van der Waals surface area (Å²) >= 11 is 0. The molecule has 2 heterocycles. The van der Waals surface area contributed by atoms with Crippen molar-refractivity contribution in [2.75, 3.05) is 11.6 Å². The Bertz CT molecular complexity index is 1100. The van der Waals surface area contributed by atoms with Crippen LogP contribution in [0, 0.1) is 5.82 Å². The fourth-order valence-corrected chi connectivity index (χ4v) is 2.89. The first kappa shape index (κ1) is 16.7. The standard InChI is InChI=1S/C15H12FN5O3S/c1-25(23,24)10-2-3-12-11(5-10)13(14(15(17)22)21-20-12)19-9-4-8(16)6-18-7-9/h2-7H,1H3,(H2,17,22)(H,19,20). The Balaban J connectivity index is 2.28. The summed E-state index contributed by atoms with van der Waals surface area (Å²) in [6, 6.07) is 5.34. The third-order valence-electron chi connectivity index (χ3n) is 3.37. The van der Waals surface area contributed by atoms with Crippen LogP contribution in [0.5, 0.6) is 0 Å². The maximum Gasteiger partial charge on any atom is 0.271 e. The largest absolute Gasteiger partial charge is 0.364 e. The molecule has 8 nitrogen and oxygen atoms in total. The zero-order chi connectivity index (χ0) is 18.2. The zero-order valence-electron chi connectivity index (χ0n) is 12.9. The fourth-order valence-electron chi connectivity index (χ4n) is 2.24. The van der Waals surface area contributed by atoms with Gasteiger partial charge in [-0.3, -0.25) is 9.78 Å². The smallest absolute Gasteiger partial charge is 0.271 e. The molecule has 0 aliphatic rings. The van der Waals surface area contributed by atoms with Crippen LogP contribution >= 0.6 is 0 Å². The predicted molar refractivity (Wildman–Crippen MR) is 88.6 cm³/mol. The number of pyridine rings is 1. The van der Waals surface area contributed by atoms with Crippen LogP contribution in [0.25, 0.3) is 10.9 Å². The molecule has 0 aliphatic carbocycles. The van der Waals surface area contributed by atoms with Crippen molar-refractivity contribution in [3.63, 3.8) is 0 Å². The lowest BCUT2D eigenvalue weighted by Gasteiger charge is -2.12. The number of hydrogen-bond acceptors (Lipinski definition) is 7. The second-order valence-electron chi connectivity index (χ2n) is 5.26. The zero-order valence-corrected chi connectivity index (χ0v) is 13.7. The van der Waals surface area contributed by atoms with Gasteiger partial charge in [-0.25, -0.2) is 12.8 Å². The van der Waals surface area contributed by atoms with Gasteiger partial charge in [0.05, 0.1) is 34.2 Å². The van der Waals surface area contributed by atoms with E-state index in [1.807, 2.05) is 0 Å². The molecule has 0 fully saturated rings. The highest BCUT2D eigenvalue weighted by atomic mass is 32.2. The van der Waals surface area contributed by atoms with Gasteiger partial charge in [0, 0.05) is 17.7 Å². The van der Waals surface area contributed by atoms with Crippen LogP contribution in [0.3, 0.4) is 0 Å². The molecule has 10 heteroatoms. The lowest BCUT2D eigenvalue weighted by atomic mass is 10.1. The third-order valence-corrected chi connectivity index (χ3v) is 4.48. The third kappa shape index (κ3) is 3.38. The molecule has 3 rings (SSSR count). The SMILES string of the molecule is CS(=O)(=O)c1ccc2nnc(C(N)=O)c(Nc3cncc(F)c3)c2c1. The number of benzene rings is 1. The second kappa shape index (κ2) is 6.06. The highest BCUT2D eigenvalue weighted by Crippen LogP contribution is 2.29. The monoisotopic (exact) mass is 361 g/mol.